The van der Waals surface area contributed by atoms with Crippen LogP contribution in [0, 0.1) is 5.92 Å². The highest BCUT2D eigenvalue weighted by molar-refractivity contribution is 5.89. The van der Waals surface area contributed by atoms with E-state index in [1.807, 2.05) is 13.8 Å². The molecular weight excluding hydrogens is 339 g/mol. The number of carbonyl (C=O) groups is 2. The second kappa shape index (κ2) is 8.69. The minimum absolute atomic E-state index is 0.00502. The summed E-state index contributed by atoms with van der Waals surface area (Å²) in [5.74, 6) is -2.95. The van der Waals surface area contributed by atoms with Crippen LogP contribution in [0.2, 0.25) is 0 Å². The fourth-order valence-corrected chi connectivity index (χ4v) is 3.04. The molecule has 0 saturated heterocycles. The highest BCUT2D eigenvalue weighted by Crippen LogP contribution is 2.33. The van der Waals surface area contributed by atoms with E-state index in [1.165, 1.54) is 7.11 Å². The van der Waals surface area contributed by atoms with Crippen molar-refractivity contribution < 1.29 is 32.2 Å². The summed E-state index contributed by atoms with van der Waals surface area (Å²) in [5.41, 5.74) is 0.225. The Bertz CT molecular complexity index is 515. The first-order chi connectivity index (χ1) is 11.6. The summed E-state index contributed by atoms with van der Waals surface area (Å²) in [6, 6.07) is -0.812. The Labute approximate surface area is 146 Å². The molecule has 0 heterocycles. The number of nitrogens with zero attached hydrogens (tertiary/aromatic N) is 1. The molecule has 0 saturated carbocycles. The molecule has 0 fully saturated rings. The molecule has 0 N–H and O–H groups in total. The van der Waals surface area contributed by atoms with Crippen molar-refractivity contribution in [3.63, 3.8) is 0 Å². The summed E-state index contributed by atoms with van der Waals surface area (Å²) in [6.45, 7) is 5.62. The largest absolute Gasteiger partial charge is 0.471 e. The molecular formula is C17H26F3NO4. The van der Waals surface area contributed by atoms with Gasteiger partial charge in [0.05, 0.1) is 19.3 Å². The predicted molar refractivity (Wildman–Crippen MR) is 85.7 cm³/mol. The summed E-state index contributed by atoms with van der Waals surface area (Å²) >= 11 is 0. The summed E-state index contributed by atoms with van der Waals surface area (Å²) in [6.07, 6.45) is -2.53. The van der Waals surface area contributed by atoms with Gasteiger partial charge in [0.15, 0.2) is 0 Å². The van der Waals surface area contributed by atoms with Crippen LogP contribution in [0.25, 0.3) is 0 Å². The lowest BCUT2D eigenvalue weighted by molar-refractivity contribution is -0.188. The van der Waals surface area contributed by atoms with Crippen LogP contribution in [0.1, 0.15) is 40.0 Å². The van der Waals surface area contributed by atoms with Crippen molar-refractivity contribution in [2.75, 3.05) is 14.2 Å². The molecule has 0 unspecified atom stereocenters. The third-order valence-electron chi connectivity index (χ3n) is 4.69. The number of ether oxygens (including phenoxy) is 2. The zero-order valence-corrected chi connectivity index (χ0v) is 15.2. The Kier molecular flexibility index (Phi) is 7.46. The van der Waals surface area contributed by atoms with Crippen LogP contribution >= 0.6 is 0 Å². The van der Waals surface area contributed by atoms with Gasteiger partial charge < -0.3 is 14.4 Å². The van der Waals surface area contributed by atoms with E-state index >= 15 is 0 Å². The second-order valence-corrected chi connectivity index (χ2v) is 6.27. The molecule has 3 atom stereocenters. The summed E-state index contributed by atoms with van der Waals surface area (Å²) in [7, 11) is 2.31. The molecule has 144 valence electrons. The monoisotopic (exact) mass is 365 g/mol. The SMILES string of the molecule is CCC(CC)O[C@@H]1C=C(C(=O)OC)C[C@H](N(C)C(=O)C(F)(F)F)[C@H]1C. The Morgan fingerprint density at radius 1 is 1.32 bits per heavy atom. The number of esters is 1. The number of methoxy groups -OCH3 is 1. The first kappa shape index (κ1) is 21.5. The third kappa shape index (κ3) is 5.20. The van der Waals surface area contributed by atoms with Gasteiger partial charge >= 0.3 is 18.1 Å². The van der Waals surface area contributed by atoms with Gasteiger partial charge in [-0.1, -0.05) is 20.8 Å². The zero-order valence-electron chi connectivity index (χ0n) is 15.2. The number of carbonyl (C=O) groups excluding carboxylic acids is 2. The van der Waals surface area contributed by atoms with Crippen molar-refractivity contribution in [3.8, 4) is 0 Å². The van der Waals surface area contributed by atoms with E-state index in [1.54, 1.807) is 13.0 Å². The fraction of sp³-hybridized carbons (Fsp3) is 0.765. The molecule has 1 rings (SSSR count). The van der Waals surface area contributed by atoms with Crippen LogP contribution in [0.15, 0.2) is 11.6 Å². The fourth-order valence-electron chi connectivity index (χ4n) is 3.04. The number of alkyl halides is 3. The number of hydrogen-bond acceptors (Lipinski definition) is 4. The van der Waals surface area contributed by atoms with E-state index in [0.29, 0.717) is 4.90 Å². The number of hydrogen-bond donors (Lipinski definition) is 0. The molecule has 0 aliphatic heterocycles. The molecule has 25 heavy (non-hydrogen) atoms. The highest BCUT2D eigenvalue weighted by Gasteiger charge is 2.46. The summed E-state index contributed by atoms with van der Waals surface area (Å²) in [4.78, 5) is 24.2. The third-order valence-corrected chi connectivity index (χ3v) is 4.69. The minimum atomic E-state index is -4.97. The first-order valence-electron chi connectivity index (χ1n) is 8.35. The molecule has 0 aromatic heterocycles. The summed E-state index contributed by atoms with van der Waals surface area (Å²) < 4.78 is 49.0. The van der Waals surface area contributed by atoms with E-state index in [0.717, 1.165) is 19.9 Å². The zero-order chi connectivity index (χ0) is 19.4. The van der Waals surface area contributed by atoms with Crippen LogP contribution in [0.3, 0.4) is 0 Å². The van der Waals surface area contributed by atoms with Crippen LogP contribution in [0.4, 0.5) is 13.2 Å². The van der Waals surface area contributed by atoms with Gasteiger partial charge in [-0.2, -0.15) is 13.2 Å². The van der Waals surface area contributed by atoms with Crippen molar-refractivity contribution in [3.05, 3.63) is 11.6 Å². The maximum absolute atomic E-state index is 12.8. The lowest BCUT2D eigenvalue weighted by Crippen LogP contribution is -2.52. The van der Waals surface area contributed by atoms with Gasteiger partial charge in [0.1, 0.15) is 0 Å². The number of halogens is 3. The normalized spacial score (nSPS) is 24.0. The topological polar surface area (TPSA) is 55.8 Å². The van der Waals surface area contributed by atoms with Crippen LogP contribution < -0.4 is 0 Å². The molecule has 0 radical (unpaired) electrons. The maximum Gasteiger partial charge on any atom is 0.471 e. The van der Waals surface area contributed by atoms with Crippen molar-refractivity contribution in [2.45, 2.75) is 64.5 Å². The van der Waals surface area contributed by atoms with Gasteiger partial charge in [-0.25, -0.2) is 4.79 Å². The standard InChI is InChI=1S/C17H26F3NO4/c1-6-12(7-2)25-14-9-11(15(22)24-5)8-13(10(14)3)21(4)16(23)17(18,19)20/h9-10,12-14H,6-8H2,1-5H3/t10-,13+,14-/m1/s1. The molecule has 1 amide bonds. The smallest absolute Gasteiger partial charge is 0.466 e. The van der Waals surface area contributed by atoms with Crippen molar-refractivity contribution in [1.29, 1.82) is 0 Å². The lowest BCUT2D eigenvalue weighted by Gasteiger charge is -2.40. The van der Waals surface area contributed by atoms with E-state index in [4.69, 9.17) is 9.47 Å². The Balaban J connectivity index is 3.13. The molecule has 0 spiro atoms. The quantitative estimate of drug-likeness (QED) is 0.679. The van der Waals surface area contributed by atoms with E-state index in [-0.39, 0.29) is 18.1 Å². The van der Waals surface area contributed by atoms with Crippen molar-refractivity contribution >= 4 is 11.9 Å². The second-order valence-electron chi connectivity index (χ2n) is 6.27. The molecule has 1 aliphatic rings. The Hall–Kier alpha value is -1.57. The maximum atomic E-state index is 12.8. The highest BCUT2D eigenvalue weighted by atomic mass is 19.4. The first-order valence-corrected chi connectivity index (χ1v) is 8.35. The van der Waals surface area contributed by atoms with E-state index < -0.39 is 36.1 Å². The average molecular weight is 365 g/mol. The molecule has 0 aromatic rings. The Morgan fingerprint density at radius 2 is 1.88 bits per heavy atom. The molecule has 0 bridgehead atoms. The molecule has 1 aliphatic carbocycles. The average Bonchev–Trinajstić information content (AvgIpc) is 2.57. The molecule has 0 aromatic carbocycles. The van der Waals surface area contributed by atoms with Gasteiger partial charge in [0.25, 0.3) is 0 Å². The van der Waals surface area contributed by atoms with Gasteiger partial charge in [0, 0.05) is 31.0 Å². The van der Waals surface area contributed by atoms with Crippen LogP contribution in [0.5, 0.6) is 0 Å². The number of amides is 1. The van der Waals surface area contributed by atoms with Gasteiger partial charge in [0.2, 0.25) is 0 Å². The van der Waals surface area contributed by atoms with E-state index in [2.05, 4.69) is 0 Å². The summed E-state index contributed by atoms with van der Waals surface area (Å²) in [5, 5.41) is 0. The van der Waals surface area contributed by atoms with Crippen molar-refractivity contribution in [2.24, 2.45) is 5.92 Å². The van der Waals surface area contributed by atoms with Crippen molar-refractivity contribution in [1.82, 2.24) is 4.90 Å². The van der Waals surface area contributed by atoms with Gasteiger partial charge in [-0.15, -0.1) is 0 Å². The van der Waals surface area contributed by atoms with Crippen LogP contribution in [-0.2, 0) is 19.1 Å². The molecule has 5 nitrogen and oxygen atoms in total. The van der Waals surface area contributed by atoms with E-state index in [9.17, 15) is 22.8 Å². The lowest BCUT2D eigenvalue weighted by atomic mass is 9.82. The predicted octanol–water partition coefficient (Wildman–Crippen LogP) is 3.09. The number of rotatable bonds is 6. The Morgan fingerprint density at radius 3 is 2.32 bits per heavy atom. The minimum Gasteiger partial charge on any atom is -0.466 e. The van der Waals surface area contributed by atoms with Gasteiger partial charge in [-0.3, -0.25) is 4.79 Å². The van der Waals surface area contributed by atoms with Crippen LogP contribution in [-0.4, -0.2) is 55.4 Å². The van der Waals surface area contributed by atoms with Gasteiger partial charge in [-0.05, 0) is 18.9 Å². The molecule has 8 heteroatoms.